The van der Waals surface area contributed by atoms with E-state index in [9.17, 15) is 4.79 Å². The van der Waals surface area contributed by atoms with E-state index in [2.05, 4.69) is 45.1 Å². The van der Waals surface area contributed by atoms with E-state index in [4.69, 9.17) is 0 Å². The average Bonchev–Trinajstić information content (AvgIpc) is 3.36. The Hall–Kier alpha value is -1.72. The quantitative estimate of drug-likeness (QED) is 0.756. The Morgan fingerprint density at radius 2 is 1.92 bits per heavy atom. The van der Waals surface area contributed by atoms with Gasteiger partial charge in [0.2, 0.25) is 5.91 Å². The average molecular weight is 368 g/mol. The third kappa shape index (κ3) is 2.78. The van der Waals surface area contributed by atoms with Crippen LogP contribution in [0, 0.1) is 11.3 Å². The van der Waals surface area contributed by atoms with Crippen molar-refractivity contribution in [3.05, 3.63) is 52.5 Å². The molecule has 1 aromatic heterocycles. The maximum Gasteiger partial charge on any atom is 0.231 e. The van der Waals surface area contributed by atoms with Crippen LogP contribution in [0.3, 0.4) is 0 Å². The zero-order chi connectivity index (χ0) is 17.6. The normalized spacial score (nSPS) is 25.5. The van der Waals surface area contributed by atoms with Gasteiger partial charge in [0.25, 0.3) is 0 Å². The summed E-state index contributed by atoms with van der Waals surface area (Å²) in [4.78, 5) is 22.3. The minimum atomic E-state index is -0.171. The van der Waals surface area contributed by atoms with E-state index < -0.39 is 0 Å². The van der Waals surface area contributed by atoms with Crippen molar-refractivity contribution in [2.45, 2.75) is 38.3 Å². The number of likely N-dealkylation sites (tertiary alicyclic amines) is 2. The molecular weight excluding hydrogens is 342 g/mol. The Morgan fingerprint density at radius 1 is 1.15 bits per heavy atom. The third-order valence-electron chi connectivity index (χ3n) is 6.38. The van der Waals surface area contributed by atoms with Crippen LogP contribution < -0.4 is 0 Å². The second-order valence-electron chi connectivity index (χ2n) is 8.07. The number of thiazole rings is 1. The van der Waals surface area contributed by atoms with Crippen LogP contribution in [0.2, 0.25) is 0 Å². The smallest absolute Gasteiger partial charge is 0.231 e. The van der Waals surface area contributed by atoms with Gasteiger partial charge in [-0.1, -0.05) is 30.3 Å². The molecule has 1 atom stereocenters. The number of carbonyl (C=O) groups is 1. The number of β-lactam (4-membered cyclic amide) rings is 1. The lowest BCUT2D eigenvalue weighted by atomic mass is 9.62. The molecule has 2 aromatic rings. The van der Waals surface area contributed by atoms with Crippen LogP contribution in [0.15, 0.2) is 41.9 Å². The van der Waals surface area contributed by atoms with Crippen molar-refractivity contribution >= 4 is 17.2 Å². The molecule has 3 aliphatic rings. The number of rotatable bonds is 5. The number of piperidine rings is 1. The third-order valence-corrected chi connectivity index (χ3v) is 7.14. The molecule has 1 aromatic carbocycles. The molecule has 4 nitrogen and oxygen atoms in total. The first-order chi connectivity index (χ1) is 12.8. The first-order valence-corrected chi connectivity index (χ1v) is 10.6. The summed E-state index contributed by atoms with van der Waals surface area (Å²) in [5.41, 5.74) is 1.15. The van der Waals surface area contributed by atoms with Gasteiger partial charge in [0.15, 0.2) is 0 Å². The van der Waals surface area contributed by atoms with Crippen molar-refractivity contribution in [1.82, 2.24) is 14.8 Å². The Kier molecular flexibility index (Phi) is 4.09. The summed E-state index contributed by atoms with van der Waals surface area (Å²) in [6.45, 7) is 3.87. The van der Waals surface area contributed by atoms with Gasteiger partial charge in [-0.3, -0.25) is 9.69 Å². The summed E-state index contributed by atoms with van der Waals surface area (Å²) in [5.74, 6) is 1.15. The molecule has 3 fully saturated rings. The van der Waals surface area contributed by atoms with E-state index in [0.29, 0.717) is 5.91 Å². The van der Waals surface area contributed by atoms with Gasteiger partial charge in [0.1, 0.15) is 5.01 Å². The van der Waals surface area contributed by atoms with Crippen LogP contribution in [0.1, 0.15) is 42.3 Å². The Labute approximate surface area is 158 Å². The van der Waals surface area contributed by atoms with Crippen LogP contribution in [0.5, 0.6) is 0 Å². The zero-order valence-corrected chi connectivity index (χ0v) is 15.8. The Bertz CT molecular complexity index is 764. The molecule has 0 unspecified atom stereocenters. The first-order valence-electron chi connectivity index (χ1n) is 9.73. The highest BCUT2D eigenvalue weighted by atomic mass is 32.1. The van der Waals surface area contributed by atoms with Gasteiger partial charge < -0.3 is 4.90 Å². The molecule has 2 aliphatic heterocycles. The number of carbonyl (C=O) groups excluding carboxylic acids is 1. The van der Waals surface area contributed by atoms with Gasteiger partial charge in [-0.05, 0) is 50.3 Å². The topological polar surface area (TPSA) is 36.4 Å². The molecule has 26 heavy (non-hydrogen) atoms. The molecule has 1 saturated carbocycles. The van der Waals surface area contributed by atoms with Gasteiger partial charge >= 0.3 is 0 Å². The molecule has 5 heteroatoms. The standard InChI is InChI=1S/C21H25N3OS/c25-20-21(8-11-23(12-9-21)15-18-22-10-13-26-18)19(17-4-2-1-3-5-17)24(20)14-16-6-7-16/h1-5,10,13,16,19H,6-9,11-12,14-15H2/t19-/m1/s1. The Balaban J connectivity index is 1.34. The van der Waals surface area contributed by atoms with E-state index in [-0.39, 0.29) is 11.5 Å². The SMILES string of the molecule is O=C1N(CC2CC2)[C@H](c2ccccc2)C12CCN(Cc1nccs1)CC2. The van der Waals surface area contributed by atoms with Crippen molar-refractivity contribution < 1.29 is 4.79 Å². The lowest BCUT2D eigenvalue weighted by molar-refractivity contribution is -0.181. The van der Waals surface area contributed by atoms with Crippen LogP contribution in [0.4, 0.5) is 0 Å². The van der Waals surface area contributed by atoms with E-state index in [1.54, 1.807) is 11.3 Å². The molecule has 2 saturated heterocycles. The van der Waals surface area contributed by atoms with Crippen molar-refractivity contribution in [3.63, 3.8) is 0 Å². The highest BCUT2D eigenvalue weighted by molar-refractivity contribution is 7.09. The van der Waals surface area contributed by atoms with Crippen molar-refractivity contribution in [1.29, 1.82) is 0 Å². The lowest BCUT2D eigenvalue weighted by Gasteiger charge is -2.59. The van der Waals surface area contributed by atoms with Crippen LogP contribution in [0.25, 0.3) is 0 Å². The van der Waals surface area contributed by atoms with E-state index in [1.165, 1.54) is 23.4 Å². The van der Waals surface area contributed by atoms with E-state index in [1.807, 2.05) is 11.6 Å². The fourth-order valence-corrected chi connectivity index (χ4v) is 5.43. The molecule has 0 N–H and O–H groups in total. The molecule has 5 rings (SSSR count). The number of nitrogens with zero attached hydrogens (tertiary/aromatic N) is 3. The maximum absolute atomic E-state index is 13.2. The molecule has 136 valence electrons. The number of amides is 1. The summed E-state index contributed by atoms with van der Waals surface area (Å²) >= 11 is 1.72. The van der Waals surface area contributed by atoms with E-state index >= 15 is 0 Å². The number of hydrogen-bond acceptors (Lipinski definition) is 4. The summed E-state index contributed by atoms with van der Waals surface area (Å²) in [5, 5.41) is 3.22. The number of aromatic nitrogens is 1. The molecule has 0 radical (unpaired) electrons. The predicted octanol–water partition coefficient (Wildman–Crippen LogP) is 3.72. The van der Waals surface area contributed by atoms with Gasteiger partial charge in [0, 0.05) is 18.1 Å². The minimum Gasteiger partial charge on any atom is -0.334 e. The van der Waals surface area contributed by atoms with Gasteiger partial charge in [-0.25, -0.2) is 4.98 Å². The molecule has 1 spiro atoms. The summed E-state index contributed by atoms with van der Waals surface area (Å²) in [6.07, 6.45) is 6.40. The van der Waals surface area contributed by atoms with Gasteiger partial charge in [-0.2, -0.15) is 0 Å². The first kappa shape index (κ1) is 16.5. The van der Waals surface area contributed by atoms with Crippen LogP contribution in [-0.4, -0.2) is 40.3 Å². The highest BCUT2D eigenvalue weighted by Crippen LogP contribution is 2.57. The molecule has 1 aliphatic carbocycles. The monoisotopic (exact) mass is 367 g/mol. The molecule has 0 bridgehead atoms. The zero-order valence-electron chi connectivity index (χ0n) is 15.0. The maximum atomic E-state index is 13.2. The molecule has 3 heterocycles. The fourth-order valence-electron chi connectivity index (χ4n) is 4.77. The lowest BCUT2D eigenvalue weighted by Crippen LogP contribution is -2.66. The second-order valence-corrected chi connectivity index (χ2v) is 9.05. The van der Waals surface area contributed by atoms with Crippen molar-refractivity contribution in [2.75, 3.05) is 19.6 Å². The molecule has 1 amide bonds. The summed E-state index contributed by atoms with van der Waals surface area (Å²) in [7, 11) is 0. The van der Waals surface area contributed by atoms with Crippen LogP contribution in [-0.2, 0) is 11.3 Å². The van der Waals surface area contributed by atoms with Gasteiger partial charge in [0.05, 0.1) is 18.0 Å². The van der Waals surface area contributed by atoms with Gasteiger partial charge in [-0.15, -0.1) is 11.3 Å². The number of benzene rings is 1. The summed E-state index contributed by atoms with van der Waals surface area (Å²) < 4.78 is 0. The van der Waals surface area contributed by atoms with Crippen molar-refractivity contribution in [2.24, 2.45) is 11.3 Å². The minimum absolute atomic E-state index is 0.171. The fraction of sp³-hybridized carbons (Fsp3) is 0.524. The predicted molar refractivity (Wildman–Crippen MR) is 103 cm³/mol. The molecular formula is C21H25N3OS. The second kappa shape index (κ2) is 6.46. The van der Waals surface area contributed by atoms with E-state index in [0.717, 1.165) is 44.9 Å². The number of hydrogen-bond donors (Lipinski definition) is 0. The largest absolute Gasteiger partial charge is 0.334 e. The van der Waals surface area contributed by atoms with Crippen molar-refractivity contribution in [3.8, 4) is 0 Å². The van der Waals surface area contributed by atoms with Crippen LogP contribution >= 0.6 is 11.3 Å². The highest BCUT2D eigenvalue weighted by Gasteiger charge is 2.61. The summed E-state index contributed by atoms with van der Waals surface area (Å²) in [6, 6.07) is 11.0. The Morgan fingerprint density at radius 3 is 2.58 bits per heavy atom.